The topological polar surface area (TPSA) is 109 Å². The lowest BCUT2D eigenvalue weighted by atomic mass is 9.85. The molecule has 0 atom stereocenters. The fraction of sp³-hybridized carbons (Fsp3) is 0.227. The first kappa shape index (κ1) is 22.3. The minimum Gasteiger partial charge on any atom is -0.385 e. The number of aromatic nitrogens is 3. The molecule has 3 heterocycles. The second kappa shape index (κ2) is 8.69. The summed E-state index contributed by atoms with van der Waals surface area (Å²) >= 11 is 7.30. The van der Waals surface area contributed by atoms with Crippen molar-refractivity contribution in [2.24, 2.45) is 0 Å². The molecule has 0 amide bonds. The quantitative estimate of drug-likeness (QED) is 0.434. The molecule has 1 N–H and O–H groups in total. The van der Waals surface area contributed by atoms with Crippen molar-refractivity contribution in [1.29, 1.82) is 0 Å². The number of hydrogen-bond acceptors (Lipinski definition) is 8. The van der Waals surface area contributed by atoms with Crippen molar-refractivity contribution in [3.05, 3.63) is 71.4 Å². The van der Waals surface area contributed by atoms with Crippen molar-refractivity contribution in [3.63, 3.8) is 0 Å². The van der Waals surface area contributed by atoms with E-state index in [1.165, 1.54) is 22.1 Å². The number of halogens is 1. The van der Waals surface area contributed by atoms with Gasteiger partial charge >= 0.3 is 0 Å². The fourth-order valence-electron chi connectivity index (χ4n) is 3.92. The number of hydrogen-bond donors (Lipinski definition) is 1. The zero-order chi connectivity index (χ0) is 23.1. The van der Waals surface area contributed by atoms with Crippen LogP contribution in [0.1, 0.15) is 18.4 Å². The molecular formula is C22H19ClN4O4S2. The maximum Gasteiger partial charge on any atom is 0.245 e. The summed E-state index contributed by atoms with van der Waals surface area (Å²) in [4.78, 5) is 5.00. The standard InChI is InChI=1S/C22H19ClN4O4S2/c23-16-6-4-15(5-7-16)22(28)10-13-27(14-11-22)33(29,30)18-9-8-17(20-21(18)26-31-25-20)32-19-3-1-2-12-24-19/h1-9,12,28H,10-11,13-14H2. The number of benzene rings is 2. The average Bonchev–Trinajstić information content (AvgIpc) is 3.31. The van der Waals surface area contributed by atoms with Gasteiger partial charge in [0.25, 0.3) is 0 Å². The number of aliphatic hydroxyl groups is 1. The number of fused-ring (bicyclic) bond motifs is 1. The SMILES string of the molecule is O=S(=O)(c1ccc(Sc2ccccn2)c2nonc12)N1CCC(O)(c2ccc(Cl)cc2)CC1. The summed E-state index contributed by atoms with van der Waals surface area (Å²) in [6.07, 6.45) is 2.21. The maximum atomic E-state index is 13.5. The summed E-state index contributed by atoms with van der Waals surface area (Å²) in [6.45, 7) is 0.331. The monoisotopic (exact) mass is 502 g/mol. The summed E-state index contributed by atoms with van der Waals surface area (Å²) in [7, 11) is -3.87. The van der Waals surface area contributed by atoms with Gasteiger partial charge in [-0.05, 0) is 65.1 Å². The summed E-state index contributed by atoms with van der Waals surface area (Å²) < 4.78 is 33.2. The second-order valence-corrected chi connectivity index (χ2v) is 11.1. The minimum absolute atomic E-state index is 0.0288. The van der Waals surface area contributed by atoms with Crippen molar-refractivity contribution in [3.8, 4) is 0 Å². The number of piperidine rings is 1. The van der Waals surface area contributed by atoms with Gasteiger partial charge < -0.3 is 5.11 Å². The van der Waals surface area contributed by atoms with E-state index in [-0.39, 0.29) is 36.3 Å². The van der Waals surface area contributed by atoms with E-state index in [2.05, 4.69) is 15.3 Å². The van der Waals surface area contributed by atoms with Gasteiger partial charge in [0.05, 0.1) is 5.60 Å². The van der Waals surface area contributed by atoms with Gasteiger partial charge in [0.2, 0.25) is 10.0 Å². The van der Waals surface area contributed by atoms with E-state index >= 15 is 0 Å². The molecule has 2 aromatic heterocycles. The van der Waals surface area contributed by atoms with Gasteiger partial charge in [-0.15, -0.1) is 0 Å². The molecular weight excluding hydrogens is 484 g/mol. The molecule has 0 aliphatic carbocycles. The van der Waals surface area contributed by atoms with E-state index in [1.54, 1.807) is 36.5 Å². The number of sulfonamides is 1. The molecule has 8 nitrogen and oxygen atoms in total. The van der Waals surface area contributed by atoms with Crippen LogP contribution >= 0.6 is 23.4 Å². The Morgan fingerprint density at radius 1 is 1.00 bits per heavy atom. The Morgan fingerprint density at radius 3 is 2.42 bits per heavy atom. The van der Waals surface area contributed by atoms with Crippen molar-refractivity contribution >= 4 is 44.4 Å². The molecule has 0 bridgehead atoms. The van der Waals surface area contributed by atoms with Gasteiger partial charge in [-0.2, -0.15) is 4.31 Å². The largest absolute Gasteiger partial charge is 0.385 e. The highest BCUT2D eigenvalue weighted by atomic mass is 35.5. The zero-order valence-electron chi connectivity index (χ0n) is 17.3. The van der Waals surface area contributed by atoms with Crippen LogP contribution in [-0.4, -0.2) is 46.2 Å². The Hall–Kier alpha value is -2.50. The molecule has 5 rings (SSSR count). The summed E-state index contributed by atoms with van der Waals surface area (Å²) in [5, 5.41) is 20.2. The molecule has 2 aromatic carbocycles. The first-order valence-electron chi connectivity index (χ1n) is 10.2. The third kappa shape index (κ3) is 4.24. The molecule has 0 saturated carbocycles. The summed E-state index contributed by atoms with van der Waals surface area (Å²) in [5.74, 6) is 0. The number of pyridine rings is 1. The number of nitrogens with zero attached hydrogens (tertiary/aromatic N) is 4. The summed E-state index contributed by atoms with van der Waals surface area (Å²) in [5.41, 5.74) is 0.156. The van der Waals surface area contributed by atoms with E-state index < -0.39 is 15.6 Å². The molecule has 170 valence electrons. The van der Waals surface area contributed by atoms with E-state index in [0.717, 1.165) is 10.6 Å². The smallest absolute Gasteiger partial charge is 0.245 e. The molecule has 0 radical (unpaired) electrons. The van der Waals surface area contributed by atoms with Crippen molar-refractivity contribution in [2.45, 2.75) is 33.3 Å². The van der Waals surface area contributed by atoms with Gasteiger partial charge in [-0.3, -0.25) is 0 Å². The zero-order valence-corrected chi connectivity index (χ0v) is 19.6. The van der Waals surface area contributed by atoms with Crippen LogP contribution in [0.5, 0.6) is 0 Å². The highest BCUT2D eigenvalue weighted by molar-refractivity contribution is 7.99. The van der Waals surface area contributed by atoms with E-state index in [9.17, 15) is 13.5 Å². The van der Waals surface area contributed by atoms with Gasteiger partial charge in [0, 0.05) is 29.2 Å². The molecule has 11 heteroatoms. The number of rotatable bonds is 5. The fourth-order valence-corrected chi connectivity index (χ4v) is 6.45. The minimum atomic E-state index is -3.87. The predicted octanol–water partition coefficient (Wildman–Crippen LogP) is 4.09. The Balaban J connectivity index is 1.40. The second-order valence-electron chi connectivity index (χ2n) is 7.74. The van der Waals surface area contributed by atoms with Crippen LogP contribution in [0.4, 0.5) is 0 Å². The van der Waals surface area contributed by atoms with Gasteiger partial charge in [0.15, 0.2) is 11.0 Å². The van der Waals surface area contributed by atoms with Gasteiger partial charge in [-0.25, -0.2) is 18.0 Å². The van der Waals surface area contributed by atoms with Crippen LogP contribution in [-0.2, 0) is 15.6 Å². The Labute approximate surface area is 199 Å². The highest BCUT2D eigenvalue weighted by Gasteiger charge is 2.39. The van der Waals surface area contributed by atoms with E-state index in [0.29, 0.717) is 15.4 Å². The Morgan fingerprint density at radius 2 is 1.73 bits per heavy atom. The lowest BCUT2D eigenvalue weighted by molar-refractivity contribution is -0.00960. The van der Waals surface area contributed by atoms with Gasteiger partial charge in [-0.1, -0.05) is 41.6 Å². The normalized spacial score (nSPS) is 16.8. The molecule has 1 aliphatic heterocycles. The van der Waals surface area contributed by atoms with Crippen molar-refractivity contribution < 1.29 is 18.2 Å². The van der Waals surface area contributed by atoms with Crippen LogP contribution in [0.15, 0.2) is 80.2 Å². The lowest BCUT2D eigenvalue weighted by Gasteiger charge is -2.37. The third-order valence-electron chi connectivity index (χ3n) is 5.74. The first-order valence-corrected chi connectivity index (χ1v) is 12.8. The van der Waals surface area contributed by atoms with Crippen LogP contribution in [0, 0.1) is 0 Å². The van der Waals surface area contributed by atoms with Crippen molar-refractivity contribution in [1.82, 2.24) is 19.6 Å². The first-order chi connectivity index (χ1) is 15.9. The van der Waals surface area contributed by atoms with Crippen LogP contribution < -0.4 is 0 Å². The predicted molar refractivity (Wildman–Crippen MR) is 124 cm³/mol. The molecule has 0 unspecified atom stereocenters. The summed E-state index contributed by atoms with van der Waals surface area (Å²) in [6, 6.07) is 15.7. The molecule has 0 spiro atoms. The third-order valence-corrected chi connectivity index (χ3v) is 8.92. The van der Waals surface area contributed by atoms with Crippen LogP contribution in [0.3, 0.4) is 0 Å². The molecule has 33 heavy (non-hydrogen) atoms. The lowest BCUT2D eigenvalue weighted by Crippen LogP contribution is -2.45. The average molecular weight is 503 g/mol. The molecule has 1 aliphatic rings. The molecule has 4 aromatic rings. The Bertz CT molecular complexity index is 1390. The maximum absolute atomic E-state index is 13.5. The molecule has 1 saturated heterocycles. The van der Waals surface area contributed by atoms with E-state index in [1.807, 2.05) is 18.2 Å². The Kier molecular flexibility index (Phi) is 5.87. The van der Waals surface area contributed by atoms with Crippen molar-refractivity contribution in [2.75, 3.05) is 13.1 Å². The molecule has 1 fully saturated rings. The van der Waals surface area contributed by atoms with Crippen LogP contribution in [0.2, 0.25) is 5.02 Å². The van der Waals surface area contributed by atoms with E-state index in [4.69, 9.17) is 16.2 Å². The highest BCUT2D eigenvalue weighted by Crippen LogP contribution is 2.38. The van der Waals surface area contributed by atoms with Crippen LogP contribution in [0.25, 0.3) is 11.0 Å². The van der Waals surface area contributed by atoms with Gasteiger partial charge in [0.1, 0.15) is 9.92 Å².